The number of nitrogen functional groups attached to an aromatic ring is 1. The first-order valence-corrected chi connectivity index (χ1v) is 11.1. The standard InChI is InChI=1S/C25H26N6O2/c1-15-10-11-27-20(14-15)29-25(33)18-4-2-16(3-5-18)21-22-23(26)28-12-13-31(22)24(30-21)17-6-8-19(32)9-7-17/h2-5,10-14,17,19,32H,6-9H2,1H3,(H2,26,28)(H,27,29,33). The zero-order valence-corrected chi connectivity index (χ0v) is 18.4. The summed E-state index contributed by atoms with van der Waals surface area (Å²) in [5, 5.41) is 12.7. The lowest BCUT2D eigenvalue weighted by molar-refractivity contribution is 0.102. The van der Waals surface area contributed by atoms with E-state index in [0.29, 0.717) is 17.2 Å². The largest absolute Gasteiger partial charge is 0.393 e. The molecule has 0 spiro atoms. The normalized spacial score (nSPS) is 18.4. The number of nitrogens with two attached hydrogens (primary N) is 1. The maximum atomic E-state index is 12.7. The summed E-state index contributed by atoms with van der Waals surface area (Å²) in [5.74, 6) is 1.90. The molecular formula is C25H26N6O2. The van der Waals surface area contributed by atoms with Crippen molar-refractivity contribution in [2.45, 2.75) is 44.6 Å². The topological polar surface area (TPSA) is 118 Å². The lowest BCUT2D eigenvalue weighted by Gasteiger charge is -2.24. The van der Waals surface area contributed by atoms with Crippen molar-refractivity contribution >= 4 is 23.1 Å². The maximum Gasteiger partial charge on any atom is 0.256 e. The van der Waals surface area contributed by atoms with Gasteiger partial charge in [0.05, 0.1) is 6.10 Å². The van der Waals surface area contributed by atoms with E-state index in [-0.39, 0.29) is 17.9 Å². The van der Waals surface area contributed by atoms with Crippen LogP contribution >= 0.6 is 0 Å². The lowest BCUT2D eigenvalue weighted by Crippen LogP contribution is -2.18. The van der Waals surface area contributed by atoms with E-state index < -0.39 is 0 Å². The van der Waals surface area contributed by atoms with Crippen molar-refractivity contribution in [1.82, 2.24) is 19.4 Å². The predicted octanol–water partition coefficient (Wildman–Crippen LogP) is 3.95. The first-order chi connectivity index (χ1) is 16.0. The molecule has 1 aromatic carbocycles. The fraction of sp³-hybridized carbons (Fsp3) is 0.280. The van der Waals surface area contributed by atoms with Crippen LogP contribution in [0.15, 0.2) is 55.0 Å². The van der Waals surface area contributed by atoms with E-state index in [9.17, 15) is 9.90 Å². The molecule has 4 N–H and O–H groups in total. The summed E-state index contributed by atoms with van der Waals surface area (Å²) < 4.78 is 2.02. The number of nitrogens with zero attached hydrogens (tertiary/aromatic N) is 4. The summed E-state index contributed by atoms with van der Waals surface area (Å²) in [4.78, 5) is 26.1. The molecule has 0 bridgehead atoms. The Balaban J connectivity index is 1.46. The molecule has 4 aromatic rings. The van der Waals surface area contributed by atoms with Crippen LogP contribution in [0, 0.1) is 6.92 Å². The van der Waals surface area contributed by atoms with Gasteiger partial charge in [0.2, 0.25) is 0 Å². The quantitative estimate of drug-likeness (QED) is 0.440. The van der Waals surface area contributed by atoms with E-state index >= 15 is 0 Å². The molecule has 1 aliphatic rings. The predicted molar refractivity (Wildman–Crippen MR) is 127 cm³/mol. The number of hydrogen-bond acceptors (Lipinski definition) is 6. The van der Waals surface area contributed by atoms with Crippen LogP contribution in [0.5, 0.6) is 0 Å². The second kappa shape index (κ2) is 8.63. The summed E-state index contributed by atoms with van der Waals surface area (Å²) in [6.45, 7) is 1.95. The van der Waals surface area contributed by atoms with Crippen molar-refractivity contribution in [3.8, 4) is 11.3 Å². The van der Waals surface area contributed by atoms with E-state index in [1.54, 1.807) is 24.5 Å². The molecule has 1 amide bonds. The lowest BCUT2D eigenvalue weighted by atomic mass is 9.87. The number of aliphatic hydroxyl groups excluding tert-OH is 1. The van der Waals surface area contributed by atoms with Crippen LogP contribution in [-0.4, -0.2) is 36.5 Å². The molecule has 5 rings (SSSR count). The van der Waals surface area contributed by atoms with Gasteiger partial charge in [0.1, 0.15) is 28.7 Å². The molecule has 1 saturated carbocycles. The third kappa shape index (κ3) is 4.17. The monoisotopic (exact) mass is 442 g/mol. The van der Waals surface area contributed by atoms with Gasteiger partial charge in [-0.2, -0.15) is 0 Å². The van der Waals surface area contributed by atoms with Gasteiger partial charge in [0.25, 0.3) is 5.91 Å². The van der Waals surface area contributed by atoms with Crippen LogP contribution in [0.25, 0.3) is 16.8 Å². The number of nitrogens with one attached hydrogen (secondary N) is 1. The van der Waals surface area contributed by atoms with Crippen LogP contribution in [0.4, 0.5) is 11.6 Å². The molecule has 8 nitrogen and oxygen atoms in total. The number of benzene rings is 1. The fourth-order valence-corrected chi connectivity index (χ4v) is 4.48. The van der Waals surface area contributed by atoms with Crippen LogP contribution in [0.2, 0.25) is 0 Å². The number of aliphatic hydroxyl groups is 1. The molecule has 0 radical (unpaired) electrons. The Morgan fingerprint density at radius 1 is 1.09 bits per heavy atom. The van der Waals surface area contributed by atoms with Crippen LogP contribution < -0.4 is 11.1 Å². The minimum atomic E-state index is -0.229. The van der Waals surface area contributed by atoms with Crippen molar-refractivity contribution in [3.63, 3.8) is 0 Å². The second-order valence-corrected chi connectivity index (χ2v) is 8.61. The number of carbonyl (C=O) groups excluding carboxylic acids is 1. The molecule has 33 heavy (non-hydrogen) atoms. The molecular weight excluding hydrogens is 416 g/mol. The SMILES string of the molecule is Cc1ccnc(NC(=O)c2ccc(-c3nc(C4CCC(O)CC4)n4ccnc(N)c34)cc2)c1. The number of rotatable bonds is 4. The highest BCUT2D eigenvalue weighted by Crippen LogP contribution is 2.36. The van der Waals surface area contributed by atoms with Gasteiger partial charge in [0.15, 0.2) is 0 Å². The van der Waals surface area contributed by atoms with Crippen molar-refractivity contribution < 1.29 is 9.90 Å². The van der Waals surface area contributed by atoms with Crippen molar-refractivity contribution in [1.29, 1.82) is 0 Å². The molecule has 8 heteroatoms. The summed E-state index contributed by atoms with van der Waals surface area (Å²) in [5.41, 5.74) is 10.2. The fourth-order valence-electron chi connectivity index (χ4n) is 4.48. The minimum absolute atomic E-state index is 0.225. The van der Waals surface area contributed by atoms with E-state index in [0.717, 1.165) is 53.8 Å². The summed E-state index contributed by atoms with van der Waals surface area (Å²) in [7, 11) is 0. The molecule has 1 fully saturated rings. The van der Waals surface area contributed by atoms with Gasteiger partial charge in [0, 0.05) is 35.6 Å². The Morgan fingerprint density at radius 3 is 2.58 bits per heavy atom. The van der Waals surface area contributed by atoms with Gasteiger partial charge >= 0.3 is 0 Å². The van der Waals surface area contributed by atoms with E-state index in [1.165, 1.54) is 0 Å². The number of imidazole rings is 1. The van der Waals surface area contributed by atoms with Gasteiger partial charge in [-0.15, -0.1) is 0 Å². The molecule has 0 unspecified atom stereocenters. The van der Waals surface area contributed by atoms with Crippen molar-refractivity contribution in [3.05, 3.63) is 71.9 Å². The molecule has 0 aliphatic heterocycles. The first kappa shape index (κ1) is 21.1. The highest BCUT2D eigenvalue weighted by atomic mass is 16.3. The molecule has 1 aliphatic carbocycles. The number of pyridine rings is 1. The molecule has 168 valence electrons. The van der Waals surface area contributed by atoms with Crippen molar-refractivity contribution in [2.24, 2.45) is 0 Å². The Morgan fingerprint density at radius 2 is 1.85 bits per heavy atom. The van der Waals surface area contributed by atoms with Gasteiger partial charge < -0.3 is 16.2 Å². The average Bonchev–Trinajstić information content (AvgIpc) is 3.21. The zero-order chi connectivity index (χ0) is 22.9. The molecule has 3 aromatic heterocycles. The van der Waals surface area contributed by atoms with Crippen molar-refractivity contribution in [2.75, 3.05) is 11.1 Å². The molecule has 0 atom stereocenters. The number of anilines is 2. The number of fused-ring (bicyclic) bond motifs is 1. The van der Waals surface area contributed by atoms with E-state index in [4.69, 9.17) is 10.7 Å². The smallest absolute Gasteiger partial charge is 0.256 e. The maximum absolute atomic E-state index is 12.7. The third-order valence-corrected chi connectivity index (χ3v) is 6.25. The summed E-state index contributed by atoms with van der Waals surface area (Å²) >= 11 is 0. The number of aromatic nitrogens is 4. The zero-order valence-electron chi connectivity index (χ0n) is 18.4. The summed E-state index contributed by atoms with van der Waals surface area (Å²) in [6.07, 6.45) is 8.32. The summed E-state index contributed by atoms with van der Waals surface area (Å²) in [6, 6.07) is 11.0. The number of aryl methyl sites for hydroxylation is 1. The Hall–Kier alpha value is -3.78. The Bertz CT molecular complexity index is 1310. The van der Waals surface area contributed by atoms with Crippen LogP contribution in [0.3, 0.4) is 0 Å². The number of hydrogen-bond donors (Lipinski definition) is 3. The Labute approximate surface area is 191 Å². The van der Waals surface area contributed by atoms with Gasteiger partial charge in [-0.25, -0.2) is 15.0 Å². The number of carbonyl (C=O) groups is 1. The molecule has 3 heterocycles. The third-order valence-electron chi connectivity index (χ3n) is 6.25. The van der Waals surface area contributed by atoms with Gasteiger partial charge in [-0.3, -0.25) is 9.20 Å². The Kier molecular flexibility index (Phi) is 5.51. The minimum Gasteiger partial charge on any atom is -0.393 e. The van der Waals surface area contributed by atoms with E-state index in [1.807, 2.05) is 41.8 Å². The average molecular weight is 443 g/mol. The van der Waals surface area contributed by atoms with Gasteiger partial charge in [-0.05, 0) is 62.4 Å². The first-order valence-electron chi connectivity index (χ1n) is 11.1. The van der Waals surface area contributed by atoms with Crippen LogP contribution in [0.1, 0.15) is 53.3 Å². The molecule has 0 saturated heterocycles. The number of amides is 1. The highest BCUT2D eigenvalue weighted by Gasteiger charge is 2.26. The van der Waals surface area contributed by atoms with Crippen LogP contribution in [-0.2, 0) is 0 Å². The second-order valence-electron chi connectivity index (χ2n) is 8.61. The highest BCUT2D eigenvalue weighted by molar-refractivity contribution is 6.04. The van der Waals surface area contributed by atoms with E-state index in [2.05, 4.69) is 15.3 Å². The van der Waals surface area contributed by atoms with Gasteiger partial charge in [-0.1, -0.05) is 12.1 Å².